The van der Waals surface area contributed by atoms with Crippen LogP contribution in [-0.2, 0) is 4.79 Å². The summed E-state index contributed by atoms with van der Waals surface area (Å²) in [7, 11) is 0. The summed E-state index contributed by atoms with van der Waals surface area (Å²) in [4.78, 5) is 28.5. The molecule has 0 radical (unpaired) electrons. The maximum Gasteiger partial charge on any atom is 0.255 e. The van der Waals surface area contributed by atoms with Gasteiger partial charge in [-0.15, -0.1) is 0 Å². The van der Waals surface area contributed by atoms with Gasteiger partial charge in [0, 0.05) is 56.1 Å². The zero-order valence-corrected chi connectivity index (χ0v) is 17.8. The molecule has 3 rings (SSSR count). The minimum absolute atomic E-state index is 0.177. The number of halogens is 1. The van der Waals surface area contributed by atoms with Crippen LogP contribution in [0.3, 0.4) is 0 Å². The van der Waals surface area contributed by atoms with Gasteiger partial charge >= 0.3 is 0 Å². The highest BCUT2D eigenvalue weighted by Gasteiger charge is 2.19. The first-order valence-electron chi connectivity index (χ1n) is 9.81. The van der Waals surface area contributed by atoms with Crippen molar-refractivity contribution < 1.29 is 9.59 Å². The highest BCUT2D eigenvalue weighted by molar-refractivity contribution is 6.34. The Bertz CT molecular complexity index is 875. The molecular weight excluding hydrogens is 388 g/mol. The Labute approximate surface area is 176 Å². The normalized spacial score (nSPS) is 14.7. The van der Waals surface area contributed by atoms with Gasteiger partial charge in [-0.3, -0.25) is 14.5 Å². The van der Waals surface area contributed by atoms with Gasteiger partial charge in [-0.25, -0.2) is 0 Å². The van der Waals surface area contributed by atoms with Crippen molar-refractivity contribution in [2.24, 2.45) is 0 Å². The van der Waals surface area contributed by atoms with Crippen LogP contribution in [0.25, 0.3) is 0 Å². The van der Waals surface area contributed by atoms with E-state index in [2.05, 4.69) is 34.3 Å². The second-order valence-corrected chi connectivity index (χ2v) is 7.90. The molecular formula is C22H27ClN4O2. The summed E-state index contributed by atoms with van der Waals surface area (Å²) in [5.74, 6) is -0.404. The number of rotatable bonds is 5. The van der Waals surface area contributed by atoms with Crippen LogP contribution in [0.1, 0.15) is 31.1 Å². The van der Waals surface area contributed by atoms with E-state index in [0.29, 0.717) is 28.0 Å². The molecule has 2 N–H and O–H groups in total. The molecule has 2 aromatic carbocycles. The molecule has 1 fully saturated rings. The smallest absolute Gasteiger partial charge is 0.255 e. The number of hydrogen-bond donors (Lipinski definition) is 2. The molecule has 2 amide bonds. The maximum absolute atomic E-state index is 12.6. The van der Waals surface area contributed by atoms with E-state index >= 15 is 0 Å². The maximum atomic E-state index is 12.6. The van der Waals surface area contributed by atoms with Crippen LogP contribution >= 0.6 is 11.6 Å². The summed E-state index contributed by atoms with van der Waals surface area (Å²) in [6.07, 6.45) is 0. The van der Waals surface area contributed by atoms with E-state index in [-0.39, 0.29) is 11.8 Å². The standard InChI is InChI=1S/C22H27ClN4O2/c1-15(2)26-10-12-27(13-11-26)19-7-4-17(5-8-19)22(29)25-21-9-6-18(14-20(21)23)24-16(3)28/h4-9,14-15H,10-13H2,1-3H3,(H,24,28)(H,25,29). The molecule has 1 aliphatic rings. The van der Waals surface area contributed by atoms with E-state index in [4.69, 9.17) is 11.6 Å². The van der Waals surface area contributed by atoms with Crippen LogP contribution in [-0.4, -0.2) is 48.9 Å². The number of piperazine rings is 1. The van der Waals surface area contributed by atoms with Crippen molar-refractivity contribution in [1.82, 2.24) is 4.90 Å². The zero-order chi connectivity index (χ0) is 21.0. The van der Waals surface area contributed by atoms with Gasteiger partial charge in [0.1, 0.15) is 0 Å². The third-order valence-electron chi connectivity index (χ3n) is 5.08. The number of carbonyl (C=O) groups is 2. The zero-order valence-electron chi connectivity index (χ0n) is 17.0. The van der Waals surface area contributed by atoms with Crippen molar-refractivity contribution in [1.29, 1.82) is 0 Å². The van der Waals surface area contributed by atoms with Gasteiger partial charge in [0.25, 0.3) is 5.91 Å². The number of amides is 2. The number of carbonyl (C=O) groups excluding carboxylic acids is 2. The van der Waals surface area contributed by atoms with E-state index in [1.54, 1.807) is 18.2 Å². The number of anilines is 3. The number of hydrogen-bond acceptors (Lipinski definition) is 4. The minimum atomic E-state index is -0.227. The third kappa shape index (κ3) is 5.49. The molecule has 6 nitrogen and oxygen atoms in total. The highest BCUT2D eigenvalue weighted by atomic mass is 35.5. The van der Waals surface area contributed by atoms with Crippen molar-refractivity contribution in [3.8, 4) is 0 Å². The summed E-state index contributed by atoms with van der Waals surface area (Å²) in [5.41, 5.74) is 2.78. The van der Waals surface area contributed by atoms with Crippen LogP contribution in [0.2, 0.25) is 5.02 Å². The lowest BCUT2D eigenvalue weighted by Gasteiger charge is -2.38. The van der Waals surface area contributed by atoms with Crippen molar-refractivity contribution >= 4 is 40.5 Å². The van der Waals surface area contributed by atoms with Crippen molar-refractivity contribution in [3.05, 3.63) is 53.1 Å². The average Bonchev–Trinajstić information content (AvgIpc) is 2.70. The first-order chi connectivity index (χ1) is 13.8. The van der Waals surface area contributed by atoms with Crippen LogP contribution < -0.4 is 15.5 Å². The van der Waals surface area contributed by atoms with Crippen molar-refractivity contribution in [2.75, 3.05) is 41.7 Å². The van der Waals surface area contributed by atoms with E-state index in [0.717, 1.165) is 31.9 Å². The third-order valence-corrected chi connectivity index (χ3v) is 5.39. The fourth-order valence-corrected chi connectivity index (χ4v) is 3.64. The molecule has 2 aromatic rings. The number of nitrogens with zero attached hydrogens (tertiary/aromatic N) is 2. The van der Waals surface area contributed by atoms with E-state index in [9.17, 15) is 9.59 Å². The summed E-state index contributed by atoms with van der Waals surface area (Å²) in [6, 6.07) is 13.2. The first kappa shape index (κ1) is 21.1. The molecule has 1 heterocycles. The van der Waals surface area contributed by atoms with Gasteiger partial charge < -0.3 is 15.5 Å². The van der Waals surface area contributed by atoms with Crippen LogP contribution in [0.5, 0.6) is 0 Å². The predicted molar refractivity (Wildman–Crippen MR) is 119 cm³/mol. The molecule has 0 bridgehead atoms. The highest BCUT2D eigenvalue weighted by Crippen LogP contribution is 2.26. The van der Waals surface area contributed by atoms with Gasteiger partial charge in [-0.2, -0.15) is 0 Å². The van der Waals surface area contributed by atoms with Gasteiger partial charge in [0.05, 0.1) is 10.7 Å². The lowest BCUT2D eigenvalue weighted by atomic mass is 10.1. The molecule has 154 valence electrons. The van der Waals surface area contributed by atoms with Crippen LogP contribution in [0, 0.1) is 0 Å². The Balaban J connectivity index is 1.61. The van der Waals surface area contributed by atoms with Gasteiger partial charge in [-0.1, -0.05) is 11.6 Å². The molecule has 0 aromatic heterocycles. The van der Waals surface area contributed by atoms with E-state index in [1.807, 2.05) is 24.3 Å². The minimum Gasteiger partial charge on any atom is -0.369 e. The molecule has 0 unspecified atom stereocenters. The summed E-state index contributed by atoms with van der Waals surface area (Å²) in [6.45, 7) is 9.95. The SMILES string of the molecule is CC(=O)Nc1ccc(NC(=O)c2ccc(N3CCN(C(C)C)CC3)cc2)c(Cl)c1. The Morgan fingerprint density at radius 3 is 2.17 bits per heavy atom. The topological polar surface area (TPSA) is 64.7 Å². The molecule has 29 heavy (non-hydrogen) atoms. The Kier molecular flexibility index (Phi) is 6.77. The number of nitrogens with one attached hydrogen (secondary N) is 2. The summed E-state index contributed by atoms with van der Waals surface area (Å²) < 4.78 is 0. The molecule has 0 saturated carbocycles. The fraction of sp³-hybridized carbons (Fsp3) is 0.364. The largest absolute Gasteiger partial charge is 0.369 e. The average molecular weight is 415 g/mol. The van der Waals surface area contributed by atoms with Gasteiger partial charge in [-0.05, 0) is 56.3 Å². The second kappa shape index (κ2) is 9.29. The Morgan fingerprint density at radius 2 is 1.62 bits per heavy atom. The Morgan fingerprint density at radius 1 is 0.966 bits per heavy atom. The lowest BCUT2D eigenvalue weighted by Crippen LogP contribution is -2.48. The molecule has 0 atom stereocenters. The second-order valence-electron chi connectivity index (χ2n) is 7.49. The predicted octanol–water partition coefficient (Wildman–Crippen LogP) is 4.08. The number of benzene rings is 2. The molecule has 1 aliphatic heterocycles. The summed E-state index contributed by atoms with van der Waals surface area (Å²) in [5, 5.41) is 5.85. The van der Waals surface area contributed by atoms with Gasteiger partial charge in [0.2, 0.25) is 5.91 Å². The fourth-order valence-electron chi connectivity index (χ4n) is 3.41. The molecule has 7 heteroatoms. The quantitative estimate of drug-likeness (QED) is 0.773. The van der Waals surface area contributed by atoms with E-state index < -0.39 is 0 Å². The molecule has 1 saturated heterocycles. The summed E-state index contributed by atoms with van der Waals surface area (Å²) >= 11 is 6.23. The monoisotopic (exact) mass is 414 g/mol. The molecule has 0 spiro atoms. The van der Waals surface area contributed by atoms with Gasteiger partial charge in [0.15, 0.2) is 0 Å². The molecule has 0 aliphatic carbocycles. The van der Waals surface area contributed by atoms with E-state index in [1.165, 1.54) is 6.92 Å². The Hall–Kier alpha value is -2.57. The lowest BCUT2D eigenvalue weighted by molar-refractivity contribution is -0.114. The van der Waals surface area contributed by atoms with Crippen LogP contribution in [0.4, 0.5) is 17.1 Å². The van der Waals surface area contributed by atoms with Crippen molar-refractivity contribution in [3.63, 3.8) is 0 Å². The van der Waals surface area contributed by atoms with Crippen LogP contribution in [0.15, 0.2) is 42.5 Å². The first-order valence-corrected chi connectivity index (χ1v) is 10.2. The van der Waals surface area contributed by atoms with Crippen molar-refractivity contribution in [2.45, 2.75) is 26.8 Å².